The first-order valence-electron chi connectivity index (χ1n) is 10.4. The van der Waals surface area contributed by atoms with E-state index in [-0.39, 0.29) is 18.0 Å². The van der Waals surface area contributed by atoms with Gasteiger partial charge in [-0.25, -0.2) is 9.67 Å². The Bertz CT molecular complexity index is 1170. The van der Waals surface area contributed by atoms with Crippen LogP contribution in [0.5, 0.6) is 0 Å². The van der Waals surface area contributed by atoms with Crippen molar-refractivity contribution in [3.8, 4) is 11.3 Å². The molecule has 1 aromatic carbocycles. The molecular formula is C24H27N5OS. The fourth-order valence-electron chi connectivity index (χ4n) is 3.69. The first kappa shape index (κ1) is 21.2. The Hall–Kier alpha value is -3.03. The van der Waals surface area contributed by atoms with Crippen molar-refractivity contribution >= 4 is 28.3 Å². The van der Waals surface area contributed by atoms with Gasteiger partial charge in [0.2, 0.25) is 0 Å². The number of carbonyl (C=O) groups is 1. The standard InChI is InChI=1S/C24H27N5OS/c1-16(2)29-23-20(13-26-29)19(12-21(27-23)17-8-6-5-7-9-17)24(30)25-14-22(28(3)4)18-10-11-31-15-18/h5-13,15-16,22H,14H2,1-4H3,(H,25,30). The summed E-state index contributed by atoms with van der Waals surface area (Å²) in [5.74, 6) is -0.116. The summed E-state index contributed by atoms with van der Waals surface area (Å²) in [5, 5.41) is 12.6. The number of rotatable bonds is 7. The molecule has 1 atom stereocenters. The number of nitrogens with one attached hydrogen (secondary N) is 1. The van der Waals surface area contributed by atoms with Gasteiger partial charge in [0, 0.05) is 18.2 Å². The molecule has 0 aliphatic carbocycles. The molecule has 6 nitrogen and oxygen atoms in total. The SMILES string of the molecule is CC(C)n1ncc2c(C(=O)NCC(c3ccsc3)N(C)C)cc(-c3ccccc3)nc21. The first-order valence-corrected chi connectivity index (χ1v) is 11.3. The number of pyridine rings is 1. The Morgan fingerprint density at radius 2 is 1.97 bits per heavy atom. The molecule has 0 saturated heterocycles. The van der Waals surface area contributed by atoms with Crippen molar-refractivity contribution in [1.29, 1.82) is 0 Å². The molecule has 0 spiro atoms. The molecule has 0 bridgehead atoms. The fourth-order valence-corrected chi connectivity index (χ4v) is 4.40. The zero-order valence-electron chi connectivity index (χ0n) is 18.2. The monoisotopic (exact) mass is 433 g/mol. The molecule has 4 rings (SSSR count). The molecule has 0 fully saturated rings. The van der Waals surface area contributed by atoms with Crippen molar-refractivity contribution in [2.45, 2.75) is 25.9 Å². The highest BCUT2D eigenvalue weighted by Crippen LogP contribution is 2.27. The molecule has 0 radical (unpaired) electrons. The number of carbonyl (C=O) groups excluding carboxylic acids is 1. The predicted molar refractivity (Wildman–Crippen MR) is 126 cm³/mol. The minimum absolute atomic E-state index is 0.111. The Morgan fingerprint density at radius 3 is 2.61 bits per heavy atom. The molecule has 1 amide bonds. The summed E-state index contributed by atoms with van der Waals surface area (Å²) in [6, 6.07) is 14.2. The predicted octanol–water partition coefficient (Wildman–Crippen LogP) is 4.77. The van der Waals surface area contributed by atoms with E-state index in [1.165, 1.54) is 5.56 Å². The lowest BCUT2D eigenvalue weighted by atomic mass is 10.1. The Balaban J connectivity index is 1.71. The van der Waals surface area contributed by atoms with Crippen LogP contribution in [0.2, 0.25) is 0 Å². The lowest BCUT2D eigenvalue weighted by molar-refractivity contribution is 0.0943. The van der Waals surface area contributed by atoms with E-state index in [1.54, 1.807) is 17.5 Å². The van der Waals surface area contributed by atoms with E-state index in [1.807, 2.05) is 55.2 Å². The zero-order valence-corrected chi connectivity index (χ0v) is 19.1. The van der Waals surface area contributed by atoms with E-state index in [2.05, 4.69) is 46.0 Å². The van der Waals surface area contributed by atoms with Gasteiger partial charge in [-0.05, 0) is 56.4 Å². The summed E-state index contributed by atoms with van der Waals surface area (Å²) in [6.07, 6.45) is 1.74. The normalized spacial score (nSPS) is 12.6. The van der Waals surface area contributed by atoms with Crippen LogP contribution in [0.25, 0.3) is 22.3 Å². The third-order valence-electron chi connectivity index (χ3n) is 5.38. The van der Waals surface area contributed by atoms with Gasteiger partial charge >= 0.3 is 0 Å². The molecule has 0 aliphatic heterocycles. The minimum atomic E-state index is -0.116. The van der Waals surface area contributed by atoms with Crippen molar-refractivity contribution in [3.05, 3.63) is 70.5 Å². The van der Waals surface area contributed by atoms with Gasteiger partial charge < -0.3 is 10.2 Å². The van der Waals surface area contributed by atoms with Gasteiger partial charge in [-0.2, -0.15) is 16.4 Å². The Labute approximate surface area is 186 Å². The molecule has 4 aromatic rings. The lowest BCUT2D eigenvalue weighted by Crippen LogP contribution is -2.34. The first-order chi connectivity index (χ1) is 15.0. The van der Waals surface area contributed by atoms with E-state index in [0.717, 1.165) is 22.3 Å². The Kier molecular flexibility index (Phi) is 6.15. The van der Waals surface area contributed by atoms with Crippen LogP contribution in [0.1, 0.15) is 41.9 Å². The summed E-state index contributed by atoms with van der Waals surface area (Å²) in [7, 11) is 4.05. The minimum Gasteiger partial charge on any atom is -0.350 e. The van der Waals surface area contributed by atoms with Crippen LogP contribution in [0.15, 0.2) is 59.4 Å². The molecule has 160 valence electrons. The van der Waals surface area contributed by atoms with Crippen molar-refractivity contribution < 1.29 is 4.79 Å². The van der Waals surface area contributed by atoms with Crippen LogP contribution in [0, 0.1) is 0 Å². The molecular weight excluding hydrogens is 406 g/mol. The van der Waals surface area contributed by atoms with Gasteiger partial charge in [-0.1, -0.05) is 30.3 Å². The summed E-state index contributed by atoms with van der Waals surface area (Å²) < 4.78 is 1.87. The second-order valence-corrected chi connectivity index (χ2v) is 8.87. The molecule has 3 heterocycles. The highest BCUT2D eigenvalue weighted by Gasteiger charge is 2.21. The van der Waals surface area contributed by atoms with Crippen molar-refractivity contribution in [3.63, 3.8) is 0 Å². The maximum Gasteiger partial charge on any atom is 0.252 e. The van der Waals surface area contributed by atoms with Crippen LogP contribution in [0.4, 0.5) is 0 Å². The molecule has 0 aliphatic rings. The van der Waals surface area contributed by atoms with Gasteiger partial charge in [-0.3, -0.25) is 4.79 Å². The van der Waals surface area contributed by atoms with Crippen molar-refractivity contribution in [2.24, 2.45) is 0 Å². The number of benzene rings is 1. The average Bonchev–Trinajstić information content (AvgIpc) is 3.43. The molecule has 31 heavy (non-hydrogen) atoms. The number of amides is 1. The third kappa shape index (κ3) is 4.38. The van der Waals surface area contributed by atoms with Crippen molar-refractivity contribution in [1.82, 2.24) is 25.0 Å². The lowest BCUT2D eigenvalue weighted by Gasteiger charge is -2.24. The van der Waals surface area contributed by atoms with Gasteiger partial charge in [0.25, 0.3) is 5.91 Å². The smallest absolute Gasteiger partial charge is 0.252 e. The number of hydrogen-bond acceptors (Lipinski definition) is 5. The number of nitrogens with zero attached hydrogens (tertiary/aromatic N) is 4. The van der Waals surface area contributed by atoms with Gasteiger partial charge in [0.05, 0.1) is 28.9 Å². The van der Waals surface area contributed by atoms with Crippen LogP contribution < -0.4 is 5.32 Å². The molecule has 7 heteroatoms. The van der Waals surface area contributed by atoms with E-state index in [4.69, 9.17) is 4.98 Å². The van der Waals surface area contributed by atoms with Crippen LogP contribution in [-0.2, 0) is 0 Å². The van der Waals surface area contributed by atoms with E-state index in [0.29, 0.717) is 12.1 Å². The second kappa shape index (κ2) is 8.99. The largest absolute Gasteiger partial charge is 0.350 e. The highest BCUT2D eigenvalue weighted by atomic mass is 32.1. The third-order valence-corrected chi connectivity index (χ3v) is 6.08. The van der Waals surface area contributed by atoms with Crippen molar-refractivity contribution in [2.75, 3.05) is 20.6 Å². The average molecular weight is 434 g/mol. The van der Waals surface area contributed by atoms with Gasteiger partial charge in [-0.15, -0.1) is 0 Å². The number of aromatic nitrogens is 3. The zero-order chi connectivity index (χ0) is 22.0. The summed E-state index contributed by atoms with van der Waals surface area (Å²) in [5.41, 5.74) is 4.26. The van der Waals surface area contributed by atoms with Gasteiger partial charge in [0.1, 0.15) is 0 Å². The van der Waals surface area contributed by atoms with Gasteiger partial charge in [0.15, 0.2) is 5.65 Å². The van der Waals surface area contributed by atoms with Crippen LogP contribution in [0.3, 0.4) is 0 Å². The number of likely N-dealkylation sites (N-methyl/N-ethyl adjacent to an activating group) is 1. The Morgan fingerprint density at radius 1 is 1.19 bits per heavy atom. The van der Waals surface area contributed by atoms with Crippen LogP contribution >= 0.6 is 11.3 Å². The highest BCUT2D eigenvalue weighted by molar-refractivity contribution is 7.08. The van der Waals surface area contributed by atoms with E-state index < -0.39 is 0 Å². The fraction of sp³-hybridized carbons (Fsp3) is 0.292. The second-order valence-electron chi connectivity index (χ2n) is 8.09. The molecule has 0 saturated carbocycles. The number of fused-ring (bicyclic) bond motifs is 1. The topological polar surface area (TPSA) is 63.1 Å². The van der Waals surface area contributed by atoms with Crippen LogP contribution in [-0.4, -0.2) is 46.2 Å². The quantitative estimate of drug-likeness (QED) is 0.456. The molecule has 3 aromatic heterocycles. The maximum atomic E-state index is 13.3. The summed E-state index contributed by atoms with van der Waals surface area (Å²) >= 11 is 1.66. The number of thiophene rings is 1. The molecule has 1 unspecified atom stereocenters. The summed E-state index contributed by atoms with van der Waals surface area (Å²) in [4.78, 5) is 20.3. The van der Waals surface area contributed by atoms with E-state index >= 15 is 0 Å². The number of hydrogen-bond donors (Lipinski definition) is 1. The summed E-state index contributed by atoms with van der Waals surface area (Å²) in [6.45, 7) is 4.64. The van der Waals surface area contributed by atoms with E-state index in [9.17, 15) is 4.79 Å². The maximum absolute atomic E-state index is 13.3. The molecule has 1 N–H and O–H groups in total.